The van der Waals surface area contributed by atoms with Crippen molar-refractivity contribution in [3.8, 4) is 0 Å². The summed E-state index contributed by atoms with van der Waals surface area (Å²) in [6, 6.07) is 0. The van der Waals surface area contributed by atoms with Gasteiger partial charge in [-0.1, -0.05) is 0 Å². The van der Waals surface area contributed by atoms with E-state index in [9.17, 15) is 4.79 Å². The molecule has 0 atom stereocenters. The van der Waals surface area contributed by atoms with Crippen LogP contribution in [0.15, 0.2) is 12.4 Å². The summed E-state index contributed by atoms with van der Waals surface area (Å²) in [6.07, 6.45) is 2.99. The Bertz CT molecular complexity index is 314. The average Bonchev–Trinajstić information content (AvgIpc) is 2.15. The van der Waals surface area contributed by atoms with Gasteiger partial charge in [0.2, 0.25) is 0 Å². The van der Waals surface area contributed by atoms with Crippen LogP contribution in [0.25, 0.3) is 0 Å². The van der Waals surface area contributed by atoms with Crippen LogP contribution >= 0.6 is 0 Å². The minimum atomic E-state index is -0.307. The standard InChI is InChI=1S/C8H11N3O2/c1-6-4-9-5-7(10-6)8(12)11(2)13-3/h4-5H,1-3H3. The molecule has 0 bridgehead atoms. The Morgan fingerprint density at radius 3 is 2.77 bits per heavy atom. The highest BCUT2D eigenvalue weighted by molar-refractivity contribution is 5.91. The van der Waals surface area contributed by atoms with E-state index in [1.54, 1.807) is 13.1 Å². The highest BCUT2D eigenvalue weighted by Gasteiger charge is 2.12. The Hall–Kier alpha value is -1.49. The smallest absolute Gasteiger partial charge is 0.274 e. The number of nitrogens with zero attached hydrogens (tertiary/aromatic N) is 3. The number of hydroxylamine groups is 2. The molecular weight excluding hydrogens is 170 g/mol. The number of carbonyl (C=O) groups excluding carboxylic acids is 1. The highest BCUT2D eigenvalue weighted by Crippen LogP contribution is 1.99. The van der Waals surface area contributed by atoms with E-state index in [0.717, 1.165) is 5.06 Å². The van der Waals surface area contributed by atoms with E-state index in [2.05, 4.69) is 9.97 Å². The number of aromatic nitrogens is 2. The zero-order chi connectivity index (χ0) is 9.84. The van der Waals surface area contributed by atoms with Crippen molar-refractivity contribution >= 4 is 5.91 Å². The van der Waals surface area contributed by atoms with Gasteiger partial charge in [0.1, 0.15) is 5.69 Å². The van der Waals surface area contributed by atoms with Crippen LogP contribution in [-0.2, 0) is 4.84 Å². The molecule has 13 heavy (non-hydrogen) atoms. The second-order valence-electron chi connectivity index (χ2n) is 2.53. The fourth-order valence-corrected chi connectivity index (χ4v) is 0.811. The largest absolute Gasteiger partial charge is 0.297 e. The van der Waals surface area contributed by atoms with E-state index in [0.29, 0.717) is 5.69 Å². The fraction of sp³-hybridized carbons (Fsp3) is 0.375. The van der Waals surface area contributed by atoms with Gasteiger partial charge in [-0.3, -0.25) is 14.6 Å². The lowest BCUT2D eigenvalue weighted by atomic mass is 10.4. The van der Waals surface area contributed by atoms with Gasteiger partial charge in [-0.05, 0) is 6.92 Å². The first-order valence-electron chi connectivity index (χ1n) is 3.76. The SMILES string of the molecule is CON(C)C(=O)c1cncc(C)n1. The number of hydrogen-bond acceptors (Lipinski definition) is 4. The van der Waals surface area contributed by atoms with Gasteiger partial charge in [-0.25, -0.2) is 10.0 Å². The Morgan fingerprint density at radius 2 is 2.23 bits per heavy atom. The first-order valence-corrected chi connectivity index (χ1v) is 3.76. The summed E-state index contributed by atoms with van der Waals surface area (Å²) in [5.74, 6) is -0.307. The van der Waals surface area contributed by atoms with Crippen LogP contribution in [-0.4, -0.2) is 35.1 Å². The van der Waals surface area contributed by atoms with Crippen molar-refractivity contribution in [2.24, 2.45) is 0 Å². The molecule has 0 saturated heterocycles. The van der Waals surface area contributed by atoms with Gasteiger partial charge in [0.15, 0.2) is 0 Å². The molecule has 1 amide bonds. The van der Waals surface area contributed by atoms with Crippen molar-refractivity contribution in [3.63, 3.8) is 0 Å². The molecule has 0 aliphatic rings. The first kappa shape index (κ1) is 9.60. The molecule has 0 fully saturated rings. The second-order valence-corrected chi connectivity index (χ2v) is 2.53. The third-order valence-electron chi connectivity index (χ3n) is 1.53. The molecule has 0 unspecified atom stereocenters. The number of carbonyl (C=O) groups is 1. The highest BCUT2D eigenvalue weighted by atomic mass is 16.7. The summed E-state index contributed by atoms with van der Waals surface area (Å²) in [6.45, 7) is 1.77. The average molecular weight is 181 g/mol. The van der Waals surface area contributed by atoms with Gasteiger partial charge in [-0.15, -0.1) is 0 Å². The van der Waals surface area contributed by atoms with Crippen LogP contribution < -0.4 is 0 Å². The third kappa shape index (κ3) is 2.22. The van der Waals surface area contributed by atoms with Crippen LogP contribution in [0, 0.1) is 6.92 Å². The predicted molar refractivity (Wildman–Crippen MR) is 45.9 cm³/mol. The lowest BCUT2D eigenvalue weighted by molar-refractivity contribution is -0.0760. The van der Waals surface area contributed by atoms with Gasteiger partial charge in [-0.2, -0.15) is 0 Å². The molecule has 5 heteroatoms. The molecule has 0 aliphatic heterocycles. The maximum atomic E-state index is 11.4. The zero-order valence-corrected chi connectivity index (χ0v) is 7.81. The van der Waals surface area contributed by atoms with Gasteiger partial charge in [0, 0.05) is 13.2 Å². The minimum absolute atomic E-state index is 0.282. The van der Waals surface area contributed by atoms with E-state index in [-0.39, 0.29) is 11.6 Å². The molecule has 0 radical (unpaired) electrons. The van der Waals surface area contributed by atoms with E-state index in [4.69, 9.17) is 4.84 Å². The second kappa shape index (κ2) is 3.95. The maximum Gasteiger partial charge on any atom is 0.297 e. The van der Waals surface area contributed by atoms with Crippen LogP contribution in [0.2, 0.25) is 0 Å². The van der Waals surface area contributed by atoms with E-state index in [1.165, 1.54) is 20.4 Å². The summed E-state index contributed by atoms with van der Waals surface area (Å²) in [5, 5.41) is 1.10. The minimum Gasteiger partial charge on any atom is -0.274 e. The van der Waals surface area contributed by atoms with Crippen LogP contribution in [0.1, 0.15) is 16.2 Å². The monoisotopic (exact) mass is 181 g/mol. The maximum absolute atomic E-state index is 11.4. The molecule has 1 aromatic rings. The lowest BCUT2D eigenvalue weighted by Gasteiger charge is -2.12. The molecular formula is C8H11N3O2. The van der Waals surface area contributed by atoms with Crippen molar-refractivity contribution < 1.29 is 9.63 Å². The number of rotatable bonds is 2. The summed E-state index contributed by atoms with van der Waals surface area (Å²) in [4.78, 5) is 24.0. The molecule has 1 aromatic heterocycles. The first-order chi connectivity index (χ1) is 6.15. The van der Waals surface area contributed by atoms with Crippen LogP contribution in [0.3, 0.4) is 0 Å². The molecule has 1 rings (SSSR count). The van der Waals surface area contributed by atoms with Crippen molar-refractivity contribution in [2.45, 2.75) is 6.92 Å². The van der Waals surface area contributed by atoms with Crippen molar-refractivity contribution in [1.82, 2.24) is 15.0 Å². The molecule has 0 saturated carbocycles. The van der Waals surface area contributed by atoms with E-state index >= 15 is 0 Å². The van der Waals surface area contributed by atoms with Gasteiger partial charge >= 0.3 is 0 Å². The number of amides is 1. The van der Waals surface area contributed by atoms with Gasteiger partial charge in [0.25, 0.3) is 5.91 Å². The van der Waals surface area contributed by atoms with Gasteiger partial charge < -0.3 is 0 Å². The van der Waals surface area contributed by atoms with Crippen molar-refractivity contribution in [3.05, 3.63) is 23.8 Å². The zero-order valence-electron chi connectivity index (χ0n) is 7.81. The molecule has 0 N–H and O–H groups in total. The van der Waals surface area contributed by atoms with E-state index in [1.807, 2.05) is 0 Å². The molecule has 1 heterocycles. The molecule has 0 aliphatic carbocycles. The van der Waals surface area contributed by atoms with Crippen LogP contribution in [0.4, 0.5) is 0 Å². The Labute approximate surface area is 76.3 Å². The Morgan fingerprint density at radius 1 is 1.54 bits per heavy atom. The normalized spacial score (nSPS) is 9.77. The lowest BCUT2D eigenvalue weighted by Crippen LogP contribution is -2.26. The molecule has 70 valence electrons. The predicted octanol–water partition coefficient (Wildman–Crippen LogP) is 0.418. The molecule has 0 spiro atoms. The van der Waals surface area contributed by atoms with Crippen molar-refractivity contribution in [2.75, 3.05) is 14.2 Å². The molecule has 5 nitrogen and oxygen atoms in total. The van der Waals surface area contributed by atoms with E-state index < -0.39 is 0 Å². The number of hydrogen-bond donors (Lipinski definition) is 0. The summed E-state index contributed by atoms with van der Waals surface area (Å²) < 4.78 is 0. The number of aryl methyl sites for hydroxylation is 1. The quantitative estimate of drug-likeness (QED) is 0.620. The van der Waals surface area contributed by atoms with Crippen molar-refractivity contribution in [1.29, 1.82) is 0 Å². The Kier molecular flexibility index (Phi) is 2.92. The molecule has 0 aromatic carbocycles. The summed E-state index contributed by atoms with van der Waals surface area (Å²) >= 11 is 0. The topological polar surface area (TPSA) is 55.3 Å². The third-order valence-corrected chi connectivity index (χ3v) is 1.53. The van der Waals surface area contributed by atoms with Gasteiger partial charge in [0.05, 0.1) is 19.0 Å². The van der Waals surface area contributed by atoms with Crippen LogP contribution in [0.5, 0.6) is 0 Å². The summed E-state index contributed by atoms with van der Waals surface area (Å²) in [7, 11) is 2.94. The summed E-state index contributed by atoms with van der Waals surface area (Å²) in [5.41, 5.74) is 0.986. The Balaban J connectivity index is 2.89. The fourth-order valence-electron chi connectivity index (χ4n) is 0.811.